The van der Waals surface area contributed by atoms with Crippen molar-refractivity contribution in [2.75, 3.05) is 18.8 Å². The van der Waals surface area contributed by atoms with Gasteiger partial charge in [0, 0.05) is 35.4 Å². The molecule has 1 unspecified atom stereocenters. The Hall–Kier alpha value is -5.04. The van der Waals surface area contributed by atoms with Gasteiger partial charge in [0.15, 0.2) is 0 Å². The second-order valence-electron chi connectivity index (χ2n) is 12.2. The smallest absolute Gasteiger partial charge is 0.410 e. The standard InChI is InChI=1S/C32H36ClN9O4/c1-32(2,3)46-31(45)41-14-4-5-20(18-41)15-26(27-17-25(30(44)38-37-27)21-6-10-24(34)11-7-21)36-29(43)13-8-22-16-23(33)9-12-28(22)42-19-35-39-40-42/h6-13,16-17,19-20,26H,4-5,14-15,18,34H2,1-3H3,(H,36,43)(H,38,44)/t20?,26-/m0/s1. The van der Waals surface area contributed by atoms with Gasteiger partial charge in [0.2, 0.25) is 5.91 Å². The molecule has 240 valence electrons. The number of tetrazole rings is 1. The van der Waals surface area contributed by atoms with Crippen LogP contribution in [0.4, 0.5) is 10.5 Å². The Morgan fingerprint density at radius 1 is 1.20 bits per heavy atom. The summed E-state index contributed by atoms with van der Waals surface area (Å²) in [6.45, 7) is 6.55. The van der Waals surface area contributed by atoms with E-state index in [-0.39, 0.29) is 17.6 Å². The minimum atomic E-state index is -0.613. The third-order valence-corrected chi connectivity index (χ3v) is 7.69. The quantitative estimate of drug-likeness (QED) is 0.183. The maximum Gasteiger partial charge on any atom is 0.410 e. The Morgan fingerprint density at radius 2 is 1.98 bits per heavy atom. The first-order valence-corrected chi connectivity index (χ1v) is 15.3. The average molecular weight is 646 g/mol. The second-order valence-corrected chi connectivity index (χ2v) is 12.6. The molecule has 1 fully saturated rings. The van der Waals surface area contributed by atoms with Gasteiger partial charge < -0.3 is 20.7 Å². The molecule has 4 aromatic rings. The van der Waals surface area contributed by atoms with Crippen molar-refractivity contribution in [1.29, 1.82) is 0 Å². The lowest BCUT2D eigenvalue weighted by Crippen LogP contribution is -2.43. The number of carbonyl (C=O) groups excluding carboxylic acids is 2. The van der Waals surface area contributed by atoms with Gasteiger partial charge in [-0.25, -0.2) is 9.89 Å². The predicted octanol–water partition coefficient (Wildman–Crippen LogP) is 4.56. The zero-order chi connectivity index (χ0) is 32.8. The largest absolute Gasteiger partial charge is 0.444 e. The van der Waals surface area contributed by atoms with Crippen LogP contribution in [0.2, 0.25) is 5.02 Å². The van der Waals surface area contributed by atoms with E-state index in [4.69, 9.17) is 22.1 Å². The number of nitrogens with two attached hydrogens (primary N) is 1. The minimum Gasteiger partial charge on any atom is -0.444 e. The number of benzene rings is 2. The Bertz CT molecular complexity index is 1770. The number of H-pyrrole nitrogens is 1. The van der Waals surface area contributed by atoms with E-state index in [1.807, 2.05) is 20.8 Å². The molecule has 2 aromatic heterocycles. The highest BCUT2D eigenvalue weighted by Gasteiger charge is 2.30. The maximum absolute atomic E-state index is 13.4. The van der Waals surface area contributed by atoms with Gasteiger partial charge in [-0.2, -0.15) is 9.78 Å². The van der Waals surface area contributed by atoms with Gasteiger partial charge in [-0.3, -0.25) is 9.59 Å². The normalized spacial score (nSPS) is 15.9. The minimum absolute atomic E-state index is 0.0311. The summed E-state index contributed by atoms with van der Waals surface area (Å²) in [6.07, 6.45) is 6.19. The van der Waals surface area contributed by atoms with Crippen molar-refractivity contribution >= 4 is 35.4 Å². The molecule has 3 heterocycles. The van der Waals surface area contributed by atoms with Crippen LogP contribution in [0.3, 0.4) is 0 Å². The highest BCUT2D eigenvalue weighted by Crippen LogP contribution is 2.29. The van der Waals surface area contributed by atoms with E-state index in [1.165, 1.54) is 17.1 Å². The number of rotatable bonds is 8. The SMILES string of the molecule is CC(C)(C)OC(=O)N1CCCC(C[C@H](NC(=O)C=Cc2cc(Cl)ccc2-n2cnnn2)c2cc(-c3ccc(N)cc3)c(=O)[nH]n2)C1. The Labute approximate surface area is 270 Å². The van der Waals surface area contributed by atoms with E-state index >= 15 is 0 Å². The maximum atomic E-state index is 13.4. The monoisotopic (exact) mass is 645 g/mol. The van der Waals surface area contributed by atoms with Crippen molar-refractivity contribution in [2.24, 2.45) is 5.92 Å². The molecule has 5 rings (SSSR count). The van der Waals surface area contributed by atoms with E-state index in [1.54, 1.807) is 59.5 Å². The van der Waals surface area contributed by atoms with Crippen LogP contribution < -0.4 is 16.6 Å². The van der Waals surface area contributed by atoms with E-state index in [0.717, 1.165) is 12.8 Å². The number of amides is 2. The summed E-state index contributed by atoms with van der Waals surface area (Å²) in [5.74, 6) is -0.363. The number of anilines is 1. The molecule has 46 heavy (non-hydrogen) atoms. The Balaban J connectivity index is 1.42. The van der Waals surface area contributed by atoms with E-state index < -0.39 is 17.6 Å². The summed E-state index contributed by atoms with van der Waals surface area (Å²) < 4.78 is 7.08. The van der Waals surface area contributed by atoms with Crippen LogP contribution >= 0.6 is 11.6 Å². The van der Waals surface area contributed by atoms with Crippen LogP contribution in [0.1, 0.15) is 57.3 Å². The molecule has 0 spiro atoms. The van der Waals surface area contributed by atoms with Crippen LogP contribution in [-0.4, -0.2) is 66.0 Å². The number of likely N-dealkylation sites (tertiary alicyclic amines) is 1. The fourth-order valence-corrected chi connectivity index (χ4v) is 5.52. The molecular weight excluding hydrogens is 610 g/mol. The van der Waals surface area contributed by atoms with E-state index in [2.05, 4.69) is 31.0 Å². The first-order chi connectivity index (χ1) is 21.9. The van der Waals surface area contributed by atoms with Crippen LogP contribution in [0, 0.1) is 5.92 Å². The van der Waals surface area contributed by atoms with Gasteiger partial charge >= 0.3 is 6.09 Å². The fourth-order valence-electron chi connectivity index (χ4n) is 5.34. The van der Waals surface area contributed by atoms with Crippen molar-refractivity contribution in [1.82, 2.24) is 40.6 Å². The molecule has 2 atom stereocenters. The number of nitrogen functional groups attached to an aromatic ring is 1. The van der Waals surface area contributed by atoms with Crippen LogP contribution in [0.25, 0.3) is 22.9 Å². The fraction of sp³-hybridized carbons (Fsp3) is 0.344. The molecule has 4 N–H and O–H groups in total. The molecule has 13 nitrogen and oxygen atoms in total. The van der Waals surface area contributed by atoms with E-state index in [0.29, 0.717) is 58.3 Å². The summed E-state index contributed by atoms with van der Waals surface area (Å²) in [7, 11) is 0. The number of halogens is 1. The number of ether oxygens (including phenoxy) is 1. The van der Waals surface area contributed by atoms with Crippen LogP contribution in [-0.2, 0) is 9.53 Å². The highest BCUT2D eigenvalue weighted by molar-refractivity contribution is 6.30. The van der Waals surface area contributed by atoms with Crippen molar-refractivity contribution in [2.45, 2.75) is 51.7 Å². The third kappa shape index (κ3) is 8.36. The van der Waals surface area contributed by atoms with Crippen molar-refractivity contribution in [3.8, 4) is 16.8 Å². The summed E-state index contributed by atoms with van der Waals surface area (Å²) in [5, 5.41) is 21.8. The third-order valence-electron chi connectivity index (χ3n) is 7.46. The summed E-state index contributed by atoms with van der Waals surface area (Å²) >= 11 is 6.25. The number of nitrogens with zero attached hydrogens (tertiary/aromatic N) is 6. The molecule has 0 saturated carbocycles. The predicted molar refractivity (Wildman–Crippen MR) is 174 cm³/mol. The van der Waals surface area contributed by atoms with Crippen molar-refractivity contribution < 1.29 is 14.3 Å². The Morgan fingerprint density at radius 3 is 2.70 bits per heavy atom. The van der Waals surface area contributed by atoms with Gasteiger partial charge in [0.25, 0.3) is 5.56 Å². The summed E-state index contributed by atoms with van der Waals surface area (Å²) in [5.41, 5.74) is 8.22. The summed E-state index contributed by atoms with van der Waals surface area (Å²) in [6, 6.07) is 13.2. The number of hydrogen-bond acceptors (Lipinski definition) is 9. The lowest BCUT2D eigenvalue weighted by molar-refractivity contribution is -0.117. The van der Waals surface area contributed by atoms with Gasteiger partial charge in [-0.1, -0.05) is 23.7 Å². The first kappa shape index (κ1) is 32.4. The van der Waals surface area contributed by atoms with E-state index in [9.17, 15) is 14.4 Å². The lowest BCUT2D eigenvalue weighted by atomic mass is 9.89. The van der Waals surface area contributed by atoms with Gasteiger partial charge in [-0.05, 0) is 104 Å². The number of aromatic nitrogens is 6. The van der Waals surface area contributed by atoms with Crippen LogP contribution in [0.15, 0.2) is 65.7 Å². The second kappa shape index (κ2) is 13.9. The van der Waals surface area contributed by atoms with Gasteiger partial charge in [-0.15, -0.1) is 5.10 Å². The molecule has 0 radical (unpaired) electrons. The molecule has 0 bridgehead atoms. The topological polar surface area (TPSA) is 174 Å². The van der Waals surface area contributed by atoms with Gasteiger partial charge in [0.05, 0.1) is 23.0 Å². The number of piperidine rings is 1. The van der Waals surface area contributed by atoms with Crippen LogP contribution in [0.5, 0.6) is 0 Å². The number of carbonyl (C=O) groups is 2. The first-order valence-electron chi connectivity index (χ1n) is 14.9. The zero-order valence-electron chi connectivity index (χ0n) is 25.8. The average Bonchev–Trinajstić information content (AvgIpc) is 3.55. The number of hydrogen-bond donors (Lipinski definition) is 3. The molecule has 0 aliphatic carbocycles. The van der Waals surface area contributed by atoms with Crippen molar-refractivity contribution in [3.05, 3.63) is 87.6 Å². The lowest BCUT2D eigenvalue weighted by Gasteiger charge is -2.35. The molecule has 1 aliphatic heterocycles. The zero-order valence-corrected chi connectivity index (χ0v) is 26.6. The molecule has 14 heteroatoms. The molecule has 1 saturated heterocycles. The van der Waals surface area contributed by atoms with Crippen molar-refractivity contribution in [3.63, 3.8) is 0 Å². The summed E-state index contributed by atoms with van der Waals surface area (Å²) in [4.78, 5) is 40.8. The molecular formula is C32H36ClN9O4. The number of nitrogens with one attached hydrogen (secondary N) is 2. The molecule has 2 aromatic carbocycles. The molecule has 2 amide bonds. The Kier molecular flexibility index (Phi) is 9.81. The number of aromatic amines is 1. The molecule has 1 aliphatic rings. The highest BCUT2D eigenvalue weighted by atomic mass is 35.5. The van der Waals surface area contributed by atoms with Gasteiger partial charge in [0.1, 0.15) is 11.9 Å².